The number of thiazole rings is 1. The number of hydrogen-bond acceptors (Lipinski definition) is 6. The summed E-state index contributed by atoms with van der Waals surface area (Å²) in [7, 11) is 1.34. The van der Waals surface area contributed by atoms with Crippen LogP contribution in [0, 0.1) is 0 Å². The van der Waals surface area contributed by atoms with Gasteiger partial charge < -0.3 is 4.74 Å². The van der Waals surface area contributed by atoms with E-state index in [1.54, 1.807) is 11.5 Å². The highest BCUT2D eigenvalue weighted by atomic mass is 32.1. The van der Waals surface area contributed by atoms with E-state index in [1.165, 1.54) is 29.8 Å². The van der Waals surface area contributed by atoms with Crippen molar-refractivity contribution in [3.63, 3.8) is 0 Å². The zero-order valence-electron chi connectivity index (χ0n) is 14.7. The first-order valence-corrected chi connectivity index (χ1v) is 9.99. The lowest BCUT2D eigenvalue weighted by atomic mass is 10.0. The molecule has 1 aliphatic rings. The molecule has 0 fully saturated rings. The minimum Gasteiger partial charge on any atom is -0.466 e. The van der Waals surface area contributed by atoms with Gasteiger partial charge >= 0.3 is 5.97 Å². The van der Waals surface area contributed by atoms with Crippen molar-refractivity contribution in [3.05, 3.63) is 89.2 Å². The van der Waals surface area contributed by atoms with Crippen LogP contribution in [-0.2, 0) is 9.53 Å². The fourth-order valence-corrected chi connectivity index (χ4v) is 4.98. The summed E-state index contributed by atoms with van der Waals surface area (Å²) < 4.78 is 7.16. The summed E-state index contributed by atoms with van der Waals surface area (Å²) in [6, 6.07) is 13.0. The van der Waals surface area contributed by atoms with E-state index in [-0.39, 0.29) is 5.56 Å². The fourth-order valence-electron chi connectivity index (χ4n) is 3.11. The third-order valence-electron chi connectivity index (χ3n) is 4.34. The first-order chi connectivity index (χ1) is 13.1. The monoisotopic (exact) mass is 396 g/mol. The maximum atomic E-state index is 13.2. The van der Waals surface area contributed by atoms with Crippen molar-refractivity contribution in [2.24, 2.45) is 4.99 Å². The van der Waals surface area contributed by atoms with E-state index < -0.39 is 12.0 Å². The van der Waals surface area contributed by atoms with Crippen molar-refractivity contribution in [1.29, 1.82) is 0 Å². The van der Waals surface area contributed by atoms with E-state index in [0.717, 1.165) is 10.4 Å². The minimum absolute atomic E-state index is 0.157. The molecular formula is C20H16N2O3S2. The Morgan fingerprint density at radius 3 is 2.67 bits per heavy atom. The highest BCUT2D eigenvalue weighted by Crippen LogP contribution is 2.32. The predicted molar refractivity (Wildman–Crippen MR) is 107 cm³/mol. The molecule has 0 N–H and O–H groups in total. The summed E-state index contributed by atoms with van der Waals surface area (Å²) in [6.45, 7) is 1.78. The van der Waals surface area contributed by atoms with Crippen molar-refractivity contribution < 1.29 is 9.53 Å². The second-order valence-corrected chi connectivity index (χ2v) is 7.99. The van der Waals surface area contributed by atoms with E-state index in [4.69, 9.17) is 4.74 Å². The zero-order valence-corrected chi connectivity index (χ0v) is 16.3. The average molecular weight is 396 g/mol. The number of ether oxygens (including phenoxy) is 1. The highest BCUT2D eigenvalue weighted by Gasteiger charge is 2.33. The summed E-state index contributed by atoms with van der Waals surface area (Å²) in [6.07, 6.45) is 1.85. The number of carbonyl (C=O) groups excluding carboxylic acids is 1. The third-order valence-corrected chi connectivity index (χ3v) is 6.24. The maximum absolute atomic E-state index is 13.2. The average Bonchev–Trinajstić information content (AvgIpc) is 3.30. The number of aromatic nitrogens is 1. The van der Waals surface area contributed by atoms with Gasteiger partial charge in [-0.2, -0.15) is 0 Å². The van der Waals surface area contributed by atoms with Crippen LogP contribution >= 0.6 is 22.7 Å². The van der Waals surface area contributed by atoms with Crippen molar-refractivity contribution in [2.45, 2.75) is 13.0 Å². The van der Waals surface area contributed by atoms with E-state index in [2.05, 4.69) is 4.99 Å². The van der Waals surface area contributed by atoms with Gasteiger partial charge in [-0.1, -0.05) is 47.7 Å². The topological polar surface area (TPSA) is 60.7 Å². The van der Waals surface area contributed by atoms with E-state index >= 15 is 0 Å². The maximum Gasteiger partial charge on any atom is 0.338 e. The number of rotatable bonds is 3. The molecular weight excluding hydrogens is 380 g/mol. The highest BCUT2D eigenvalue weighted by molar-refractivity contribution is 7.10. The normalized spacial score (nSPS) is 16.8. The van der Waals surface area contributed by atoms with Gasteiger partial charge in [0.2, 0.25) is 0 Å². The van der Waals surface area contributed by atoms with Crippen molar-refractivity contribution in [1.82, 2.24) is 4.57 Å². The molecule has 27 heavy (non-hydrogen) atoms. The molecule has 0 unspecified atom stereocenters. The minimum atomic E-state index is -0.522. The van der Waals surface area contributed by atoms with Gasteiger partial charge in [0.25, 0.3) is 5.56 Å². The van der Waals surface area contributed by atoms with Crippen molar-refractivity contribution >= 4 is 34.7 Å². The lowest BCUT2D eigenvalue weighted by Gasteiger charge is -2.22. The number of methoxy groups -OCH3 is 1. The molecule has 3 heterocycles. The summed E-state index contributed by atoms with van der Waals surface area (Å²) in [4.78, 5) is 31.7. The zero-order chi connectivity index (χ0) is 19.0. The lowest BCUT2D eigenvalue weighted by molar-refractivity contribution is -0.136. The molecule has 7 heteroatoms. The molecule has 1 aliphatic heterocycles. The van der Waals surface area contributed by atoms with Gasteiger partial charge in [-0.05, 0) is 30.0 Å². The van der Waals surface area contributed by atoms with Crippen LogP contribution in [0.3, 0.4) is 0 Å². The Kier molecular flexibility index (Phi) is 4.63. The number of allylic oxidation sites excluding steroid dienone is 1. The number of esters is 1. The Morgan fingerprint density at radius 2 is 2.00 bits per heavy atom. The van der Waals surface area contributed by atoms with Crippen molar-refractivity contribution in [3.8, 4) is 0 Å². The van der Waals surface area contributed by atoms with Crippen LogP contribution in [-0.4, -0.2) is 17.6 Å². The molecule has 0 bridgehead atoms. The molecule has 5 nitrogen and oxygen atoms in total. The number of carbonyl (C=O) groups is 1. The molecule has 0 amide bonds. The quantitative estimate of drug-likeness (QED) is 0.639. The standard InChI is InChI=1S/C20H16N2O3S2/c1-12-16(19(24)25-2)17(14-9-6-10-26-14)22-18(23)15(27-20(22)21-12)11-13-7-4-3-5-8-13/h3-11,17H,1-2H3/b15-11+/t17-/m0/s1. The van der Waals surface area contributed by atoms with Gasteiger partial charge in [-0.25, -0.2) is 9.79 Å². The van der Waals surface area contributed by atoms with Crippen LogP contribution in [0.5, 0.6) is 0 Å². The first-order valence-electron chi connectivity index (χ1n) is 8.29. The van der Waals surface area contributed by atoms with E-state index in [1.807, 2.05) is 53.9 Å². The van der Waals surface area contributed by atoms with Crippen LogP contribution in [0.4, 0.5) is 0 Å². The molecule has 1 atom stereocenters. The van der Waals surface area contributed by atoms with Crippen LogP contribution in [0.1, 0.15) is 23.4 Å². The SMILES string of the molecule is COC(=O)C1=C(C)N=c2s/c(=C/c3ccccc3)c(=O)n2[C@H]1c1cccs1. The molecule has 0 radical (unpaired) electrons. The summed E-state index contributed by atoms with van der Waals surface area (Å²) in [5.41, 5.74) is 1.76. The summed E-state index contributed by atoms with van der Waals surface area (Å²) in [5, 5.41) is 1.93. The van der Waals surface area contributed by atoms with Gasteiger partial charge in [0.05, 0.1) is 22.9 Å². The molecule has 4 rings (SSSR count). The van der Waals surface area contributed by atoms with E-state index in [0.29, 0.717) is 20.6 Å². The van der Waals surface area contributed by atoms with Crippen molar-refractivity contribution in [2.75, 3.05) is 7.11 Å². The Hall–Kier alpha value is -2.77. The number of nitrogens with zero attached hydrogens (tertiary/aromatic N) is 2. The van der Waals surface area contributed by atoms with Gasteiger partial charge in [-0.15, -0.1) is 11.3 Å². The smallest absolute Gasteiger partial charge is 0.338 e. The van der Waals surface area contributed by atoms with Gasteiger partial charge in [0.1, 0.15) is 6.04 Å². The Balaban J connectivity index is 1.98. The second kappa shape index (κ2) is 7.09. The molecule has 136 valence electrons. The molecule has 3 aromatic rings. The molecule has 1 aromatic carbocycles. The van der Waals surface area contributed by atoms with Gasteiger partial charge in [-0.3, -0.25) is 9.36 Å². The molecule has 0 saturated heterocycles. The lowest BCUT2D eigenvalue weighted by Crippen LogP contribution is -2.39. The Bertz CT molecular complexity index is 1200. The number of hydrogen-bond donors (Lipinski definition) is 0. The third kappa shape index (κ3) is 3.09. The first kappa shape index (κ1) is 17.6. The largest absolute Gasteiger partial charge is 0.466 e. The predicted octanol–water partition coefficient (Wildman–Crippen LogP) is 2.47. The number of benzene rings is 1. The Labute approximate surface area is 163 Å². The molecule has 0 saturated carbocycles. The van der Waals surface area contributed by atoms with Crippen LogP contribution < -0.4 is 14.9 Å². The van der Waals surface area contributed by atoms with Gasteiger partial charge in [0, 0.05) is 4.88 Å². The molecule has 0 aliphatic carbocycles. The second-order valence-electron chi connectivity index (χ2n) is 6.00. The van der Waals surface area contributed by atoms with Crippen LogP contribution in [0.2, 0.25) is 0 Å². The van der Waals surface area contributed by atoms with Crippen LogP contribution in [0.25, 0.3) is 6.08 Å². The molecule has 0 spiro atoms. The fraction of sp³-hybridized carbons (Fsp3) is 0.150. The number of fused-ring (bicyclic) bond motifs is 1. The Morgan fingerprint density at radius 1 is 1.22 bits per heavy atom. The summed E-state index contributed by atoms with van der Waals surface area (Å²) >= 11 is 2.83. The van der Waals surface area contributed by atoms with Crippen LogP contribution in [0.15, 0.2) is 68.9 Å². The molecule has 2 aromatic heterocycles. The summed E-state index contributed by atoms with van der Waals surface area (Å²) in [5.74, 6) is -0.466. The van der Waals surface area contributed by atoms with Gasteiger partial charge in [0.15, 0.2) is 4.80 Å². The van der Waals surface area contributed by atoms with E-state index in [9.17, 15) is 9.59 Å². The number of thiophene rings is 1.